The van der Waals surface area contributed by atoms with E-state index >= 15 is 0 Å². The number of aliphatic hydroxyl groups is 1. The van der Waals surface area contributed by atoms with E-state index in [1.165, 1.54) is 11.3 Å². The van der Waals surface area contributed by atoms with Crippen LogP contribution in [0.3, 0.4) is 0 Å². The van der Waals surface area contributed by atoms with Gasteiger partial charge in [-0.1, -0.05) is 27.7 Å². The summed E-state index contributed by atoms with van der Waals surface area (Å²) in [5, 5.41) is 11.0. The highest BCUT2D eigenvalue weighted by Gasteiger charge is 2.32. The lowest BCUT2D eigenvalue weighted by Crippen LogP contribution is -2.42. The van der Waals surface area contributed by atoms with Crippen molar-refractivity contribution in [2.75, 3.05) is 6.54 Å². The van der Waals surface area contributed by atoms with Crippen LogP contribution in [0.5, 0.6) is 0 Å². The van der Waals surface area contributed by atoms with Crippen molar-refractivity contribution >= 4 is 21.4 Å². The van der Waals surface area contributed by atoms with Crippen LogP contribution in [0.15, 0.2) is 16.3 Å². The van der Waals surface area contributed by atoms with E-state index in [0.717, 1.165) is 12.8 Å². The van der Waals surface area contributed by atoms with Gasteiger partial charge in [0.25, 0.3) is 0 Å². The zero-order valence-electron chi connectivity index (χ0n) is 12.7. The van der Waals surface area contributed by atoms with Crippen molar-refractivity contribution in [2.24, 2.45) is 5.92 Å². The van der Waals surface area contributed by atoms with Crippen molar-refractivity contribution < 1.29 is 13.5 Å². The van der Waals surface area contributed by atoms with Crippen LogP contribution < -0.4 is 0 Å². The highest BCUT2D eigenvalue weighted by Crippen LogP contribution is 2.28. The molecule has 0 atom stereocenters. The number of aliphatic hydroxyl groups excluding tert-OH is 1. The molecule has 1 heterocycles. The topological polar surface area (TPSA) is 57.6 Å². The van der Waals surface area contributed by atoms with Crippen molar-refractivity contribution in [1.29, 1.82) is 0 Å². The molecule has 0 aliphatic rings. The first kappa shape index (κ1) is 17.6. The summed E-state index contributed by atoms with van der Waals surface area (Å²) >= 11 is 1.28. The van der Waals surface area contributed by atoms with Crippen molar-refractivity contribution in [3.8, 4) is 0 Å². The average Bonchev–Trinajstić information content (AvgIpc) is 2.87. The number of rotatable bonds is 8. The van der Waals surface area contributed by atoms with Crippen molar-refractivity contribution in [1.82, 2.24) is 4.31 Å². The van der Waals surface area contributed by atoms with Gasteiger partial charge in [0.1, 0.15) is 0 Å². The molecule has 6 heteroatoms. The summed E-state index contributed by atoms with van der Waals surface area (Å²) in [6, 6.07) is 1.61. The number of sulfonamides is 1. The highest BCUT2D eigenvalue weighted by atomic mass is 32.2. The molecule has 0 saturated carbocycles. The lowest BCUT2D eigenvalue weighted by atomic mass is 10.1. The van der Waals surface area contributed by atoms with Crippen molar-refractivity contribution in [2.45, 2.75) is 58.1 Å². The first-order valence-electron chi connectivity index (χ1n) is 7.07. The van der Waals surface area contributed by atoms with E-state index in [-0.39, 0.29) is 23.5 Å². The number of thiophene rings is 1. The van der Waals surface area contributed by atoms with Crippen molar-refractivity contribution in [3.63, 3.8) is 0 Å². The molecule has 0 unspecified atom stereocenters. The maximum Gasteiger partial charge on any atom is 0.244 e. The standard InChI is InChI=1S/C14H25NO3S2/c1-5-12(6-2)15(9-11(3)4)20(17,18)14-7-8-19-13(14)10-16/h7-8,11-12,16H,5-6,9-10H2,1-4H3. The smallest absolute Gasteiger partial charge is 0.244 e. The lowest BCUT2D eigenvalue weighted by Gasteiger charge is -2.31. The Labute approximate surface area is 126 Å². The maximum absolute atomic E-state index is 12.9. The van der Waals surface area contributed by atoms with Gasteiger partial charge < -0.3 is 5.11 Å². The van der Waals surface area contributed by atoms with Crippen LogP contribution in [-0.2, 0) is 16.6 Å². The molecule has 1 aromatic rings. The first-order valence-corrected chi connectivity index (χ1v) is 9.39. The molecule has 0 radical (unpaired) electrons. The molecular weight excluding hydrogens is 294 g/mol. The van der Waals surface area contributed by atoms with Gasteiger partial charge in [-0.15, -0.1) is 11.3 Å². The average molecular weight is 319 g/mol. The summed E-state index contributed by atoms with van der Waals surface area (Å²) in [6.07, 6.45) is 1.59. The predicted octanol–water partition coefficient (Wildman–Crippen LogP) is 3.08. The molecule has 0 aliphatic carbocycles. The molecule has 0 amide bonds. The van der Waals surface area contributed by atoms with E-state index in [2.05, 4.69) is 0 Å². The van der Waals surface area contributed by atoms with E-state index in [4.69, 9.17) is 0 Å². The summed E-state index contributed by atoms with van der Waals surface area (Å²) in [5.41, 5.74) is 0. The quantitative estimate of drug-likeness (QED) is 0.801. The molecule has 0 aromatic carbocycles. The zero-order valence-corrected chi connectivity index (χ0v) is 14.3. The second-order valence-corrected chi connectivity index (χ2v) is 8.16. The highest BCUT2D eigenvalue weighted by molar-refractivity contribution is 7.89. The molecule has 1 N–H and O–H groups in total. The van der Waals surface area contributed by atoms with Gasteiger partial charge in [0.15, 0.2) is 0 Å². The van der Waals surface area contributed by atoms with E-state index in [0.29, 0.717) is 11.4 Å². The molecule has 0 spiro atoms. The molecule has 4 nitrogen and oxygen atoms in total. The van der Waals surface area contributed by atoms with Crippen LogP contribution in [0.1, 0.15) is 45.4 Å². The van der Waals surface area contributed by atoms with E-state index in [9.17, 15) is 13.5 Å². The summed E-state index contributed by atoms with van der Waals surface area (Å²) in [6.45, 7) is 8.34. The van der Waals surface area contributed by atoms with Crippen LogP contribution in [0.2, 0.25) is 0 Å². The van der Waals surface area contributed by atoms with Crippen molar-refractivity contribution in [3.05, 3.63) is 16.3 Å². The largest absolute Gasteiger partial charge is 0.391 e. The SMILES string of the molecule is CCC(CC)N(CC(C)C)S(=O)(=O)c1ccsc1CO. The van der Waals surface area contributed by atoms with Crippen LogP contribution in [0.4, 0.5) is 0 Å². The Kier molecular flexibility index (Phi) is 6.64. The normalized spacial score (nSPS) is 12.8. The van der Waals surface area contributed by atoms with Gasteiger partial charge >= 0.3 is 0 Å². The van der Waals surface area contributed by atoms with Gasteiger partial charge in [-0.3, -0.25) is 0 Å². The van der Waals surface area contributed by atoms with E-state index in [1.54, 1.807) is 15.8 Å². The Morgan fingerprint density at radius 3 is 2.35 bits per heavy atom. The fourth-order valence-corrected chi connectivity index (χ4v) is 5.50. The molecule has 0 fully saturated rings. The Balaban J connectivity index is 3.23. The van der Waals surface area contributed by atoms with Gasteiger partial charge in [0, 0.05) is 17.5 Å². The van der Waals surface area contributed by atoms with Crippen LogP contribution in [-0.4, -0.2) is 30.4 Å². The van der Waals surface area contributed by atoms with Gasteiger partial charge in [-0.05, 0) is 30.2 Å². The first-order chi connectivity index (χ1) is 9.38. The monoisotopic (exact) mass is 319 g/mol. The Hall–Kier alpha value is -0.430. The molecule has 1 aromatic heterocycles. The Bertz CT molecular complexity index is 504. The lowest BCUT2D eigenvalue weighted by molar-refractivity contribution is 0.271. The third kappa shape index (κ3) is 3.81. The fraction of sp³-hybridized carbons (Fsp3) is 0.714. The molecule has 0 bridgehead atoms. The van der Waals surface area contributed by atoms with Gasteiger partial charge in [-0.2, -0.15) is 4.31 Å². The number of hydrogen-bond acceptors (Lipinski definition) is 4. The zero-order chi connectivity index (χ0) is 15.3. The summed E-state index contributed by atoms with van der Waals surface area (Å²) in [7, 11) is -3.54. The molecular formula is C14H25NO3S2. The second-order valence-electron chi connectivity index (χ2n) is 5.31. The van der Waals surface area contributed by atoms with Gasteiger partial charge in [0.2, 0.25) is 10.0 Å². The third-order valence-corrected chi connectivity index (χ3v) is 6.37. The van der Waals surface area contributed by atoms with Crippen LogP contribution in [0, 0.1) is 5.92 Å². The second kappa shape index (κ2) is 7.54. The minimum atomic E-state index is -3.54. The Morgan fingerprint density at radius 1 is 1.30 bits per heavy atom. The molecule has 0 saturated heterocycles. The molecule has 116 valence electrons. The molecule has 0 aliphatic heterocycles. The predicted molar refractivity (Wildman–Crippen MR) is 83.3 cm³/mol. The number of nitrogens with zero attached hydrogens (tertiary/aromatic N) is 1. The van der Waals surface area contributed by atoms with Gasteiger partial charge in [0.05, 0.1) is 11.5 Å². The number of hydrogen-bond donors (Lipinski definition) is 1. The third-order valence-electron chi connectivity index (χ3n) is 3.33. The van der Waals surface area contributed by atoms with E-state index in [1.807, 2.05) is 27.7 Å². The minimum Gasteiger partial charge on any atom is -0.391 e. The minimum absolute atomic E-state index is 0.00819. The summed E-state index contributed by atoms with van der Waals surface area (Å²) < 4.78 is 27.4. The molecule has 20 heavy (non-hydrogen) atoms. The van der Waals surface area contributed by atoms with Crippen LogP contribution in [0.25, 0.3) is 0 Å². The van der Waals surface area contributed by atoms with Gasteiger partial charge in [-0.25, -0.2) is 8.42 Å². The summed E-state index contributed by atoms with van der Waals surface area (Å²) in [4.78, 5) is 0.780. The Morgan fingerprint density at radius 2 is 1.90 bits per heavy atom. The molecule has 1 rings (SSSR count). The van der Waals surface area contributed by atoms with Crippen LogP contribution >= 0.6 is 11.3 Å². The maximum atomic E-state index is 12.9. The van der Waals surface area contributed by atoms with E-state index < -0.39 is 10.0 Å². The summed E-state index contributed by atoms with van der Waals surface area (Å²) in [5.74, 6) is 0.265. The fourth-order valence-electron chi connectivity index (χ4n) is 2.30.